The Labute approximate surface area is 191 Å². The number of amides is 1. The first-order valence-electron chi connectivity index (χ1n) is 11.5. The van der Waals surface area contributed by atoms with E-state index < -0.39 is 36.7 Å². The molecular formula is C23H30N2O8. The Morgan fingerprint density at radius 3 is 2.61 bits per heavy atom. The lowest BCUT2D eigenvalue weighted by Gasteiger charge is -2.43. The quantitative estimate of drug-likeness (QED) is 0.474. The zero-order chi connectivity index (χ0) is 23.4. The lowest BCUT2D eigenvalue weighted by molar-refractivity contribution is -0.305. The van der Waals surface area contributed by atoms with E-state index in [1.807, 2.05) is 17.0 Å². The van der Waals surface area contributed by atoms with Gasteiger partial charge in [0.2, 0.25) is 5.91 Å². The van der Waals surface area contributed by atoms with Gasteiger partial charge in [0, 0.05) is 44.7 Å². The zero-order valence-electron chi connectivity index (χ0n) is 18.4. The number of hydrogen-bond donors (Lipinski definition) is 4. The van der Waals surface area contributed by atoms with Crippen molar-refractivity contribution < 1.29 is 39.5 Å². The fourth-order valence-electron chi connectivity index (χ4n) is 5.96. The van der Waals surface area contributed by atoms with E-state index in [-0.39, 0.29) is 17.9 Å². The molecule has 3 heterocycles. The number of carboxylic acid groups (broad SMARTS) is 1. The molecule has 0 radical (unpaired) electrons. The van der Waals surface area contributed by atoms with Gasteiger partial charge >= 0.3 is 5.97 Å². The standard InChI is InChI=1S/C23H30N2O8/c1-11(26)24-7-8-25-9-12-5-6-15(16(12)14-4-2-3-13(10-24)17(14)25)32-23-20(29)18(27)19(28)21(33-23)22(30)31/h2-4,12,15-16,18-21,23,27-29H,5-10H2,1H3,(H,30,31). The van der Waals surface area contributed by atoms with Crippen LogP contribution in [0.5, 0.6) is 0 Å². The first-order valence-corrected chi connectivity index (χ1v) is 11.5. The molecular weight excluding hydrogens is 432 g/mol. The predicted octanol–water partition coefficient (Wildman–Crippen LogP) is -0.360. The van der Waals surface area contributed by atoms with Crippen molar-refractivity contribution in [1.82, 2.24) is 4.90 Å². The Hall–Kier alpha value is -2.24. The summed E-state index contributed by atoms with van der Waals surface area (Å²) in [6, 6.07) is 6.10. The maximum absolute atomic E-state index is 12.1. The number of aliphatic hydroxyl groups excluding tert-OH is 3. The number of aliphatic carboxylic acids is 1. The summed E-state index contributed by atoms with van der Waals surface area (Å²) in [5.41, 5.74) is 3.34. The van der Waals surface area contributed by atoms with Crippen LogP contribution in [-0.2, 0) is 25.6 Å². The molecule has 33 heavy (non-hydrogen) atoms. The molecule has 1 amide bonds. The number of rotatable bonds is 3. The molecule has 8 unspecified atom stereocenters. The van der Waals surface area contributed by atoms with E-state index in [2.05, 4.69) is 11.0 Å². The molecule has 0 aromatic heterocycles. The van der Waals surface area contributed by atoms with Gasteiger partial charge in [-0.05, 0) is 29.9 Å². The van der Waals surface area contributed by atoms with E-state index in [0.29, 0.717) is 25.4 Å². The summed E-state index contributed by atoms with van der Waals surface area (Å²) < 4.78 is 11.5. The lowest BCUT2D eigenvalue weighted by Crippen LogP contribution is -2.61. The van der Waals surface area contributed by atoms with E-state index in [1.54, 1.807) is 6.92 Å². The third kappa shape index (κ3) is 3.79. The van der Waals surface area contributed by atoms with Crippen molar-refractivity contribution in [3.05, 3.63) is 29.3 Å². The average molecular weight is 462 g/mol. The van der Waals surface area contributed by atoms with Gasteiger partial charge in [0.25, 0.3) is 0 Å². The van der Waals surface area contributed by atoms with Crippen LogP contribution >= 0.6 is 0 Å². The molecule has 3 aliphatic heterocycles. The Morgan fingerprint density at radius 1 is 1.09 bits per heavy atom. The van der Waals surface area contributed by atoms with Crippen LogP contribution in [0.15, 0.2) is 18.2 Å². The van der Waals surface area contributed by atoms with Crippen molar-refractivity contribution in [3.8, 4) is 0 Å². The number of para-hydroxylation sites is 1. The molecule has 4 aliphatic rings. The van der Waals surface area contributed by atoms with Crippen LogP contribution in [0.4, 0.5) is 5.69 Å². The number of carbonyl (C=O) groups is 2. The summed E-state index contributed by atoms with van der Waals surface area (Å²) in [6.45, 7) is 4.38. The molecule has 1 aromatic carbocycles. The fourth-order valence-corrected chi connectivity index (χ4v) is 5.96. The van der Waals surface area contributed by atoms with Crippen molar-refractivity contribution in [2.45, 2.75) is 69.0 Å². The topological polar surface area (TPSA) is 140 Å². The van der Waals surface area contributed by atoms with Crippen molar-refractivity contribution in [2.75, 3.05) is 24.5 Å². The minimum absolute atomic E-state index is 0.0168. The second kappa shape index (κ2) is 8.52. The highest BCUT2D eigenvalue weighted by Crippen LogP contribution is 2.51. The van der Waals surface area contributed by atoms with Crippen LogP contribution in [0, 0.1) is 5.92 Å². The predicted molar refractivity (Wildman–Crippen MR) is 114 cm³/mol. The molecule has 1 aliphatic carbocycles. The molecule has 8 atom stereocenters. The maximum Gasteiger partial charge on any atom is 0.335 e. The van der Waals surface area contributed by atoms with Crippen LogP contribution in [0.1, 0.15) is 36.8 Å². The van der Waals surface area contributed by atoms with Crippen molar-refractivity contribution in [1.29, 1.82) is 0 Å². The molecule has 4 N–H and O–H groups in total. The first kappa shape index (κ1) is 22.5. The number of hydrogen-bond acceptors (Lipinski definition) is 8. The molecule has 1 saturated carbocycles. The third-order valence-corrected chi connectivity index (χ3v) is 7.58. The highest BCUT2D eigenvalue weighted by molar-refractivity contribution is 5.75. The molecule has 2 fully saturated rings. The second-order valence-electron chi connectivity index (χ2n) is 9.51. The second-order valence-corrected chi connectivity index (χ2v) is 9.51. The normalized spacial score (nSPS) is 37.8. The number of ether oxygens (including phenoxy) is 2. The molecule has 0 bridgehead atoms. The molecule has 0 spiro atoms. The highest BCUT2D eigenvalue weighted by Gasteiger charge is 2.51. The van der Waals surface area contributed by atoms with Gasteiger partial charge in [-0.1, -0.05) is 18.2 Å². The number of anilines is 1. The summed E-state index contributed by atoms with van der Waals surface area (Å²) in [4.78, 5) is 27.7. The number of carbonyl (C=O) groups excluding carboxylic acids is 1. The highest BCUT2D eigenvalue weighted by atomic mass is 16.7. The van der Waals surface area contributed by atoms with Gasteiger partial charge in [-0.25, -0.2) is 4.79 Å². The van der Waals surface area contributed by atoms with Crippen LogP contribution in [0.25, 0.3) is 0 Å². The molecule has 10 heteroatoms. The summed E-state index contributed by atoms with van der Waals surface area (Å²) in [6.07, 6.45) is -6.78. The van der Waals surface area contributed by atoms with Crippen LogP contribution < -0.4 is 4.90 Å². The number of carboxylic acids is 1. The van der Waals surface area contributed by atoms with Crippen LogP contribution in [0.3, 0.4) is 0 Å². The van der Waals surface area contributed by atoms with Gasteiger partial charge < -0.3 is 39.7 Å². The van der Waals surface area contributed by atoms with Crippen LogP contribution in [0.2, 0.25) is 0 Å². The molecule has 180 valence electrons. The maximum atomic E-state index is 12.1. The smallest absolute Gasteiger partial charge is 0.335 e. The number of nitrogens with zero attached hydrogens (tertiary/aromatic N) is 2. The molecule has 1 saturated heterocycles. The zero-order valence-corrected chi connectivity index (χ0v) is 18.4. The molecule has 5 rings (SSSR count). The summed E-state index contributed by atoms with van der Waals surface area (Å²) in [5, 5.41) is 39.8. The lowest BCUT2D eigenvalue weighted by atomic mass is 9.81. The Balaban J connectivity index is 1.42. The van der Waals surface area contributed by atoms with Crippen molar-refractivity contribution >= 4 is 17.6 Å². The summed E-state index contributed by atoms with van der Waals surface area (Å²) >= 11 is 0. The average Bonchev–Trinajstić information content (AvgIpc) is 3.08. The van der Waals surface area contributed by atoms with Crippen LogP contribution in [-0.4, -0.2) is 93.6 Å². The summed E-state index contributed by atoms with van der Waals surface area (Å²) in [5.74, 6) is -1.06. The monoisotopic (exact) mass is 462 g/mol. The number of aliphatic hydroxyl groups is 3. The van der Waals surface area contributed by atoms with Gasteiger partial charge in [-0.3, -0.25) is 4.79 Å². The van der Waals surface area contributed by atoms with Gasteiger partial charge in [0.05, 0.1) is 6.10 Å². The Bertz CT molecular complexity index is 941. The van der Waals surface area contributed by atoms with Gasteiger partial charge in [-0.2, -0.15) is 0 Å². The van der Waals surface area contributed by atoms with E-state index in [1.165, 1.54) is 0 Å². The third-order valence-electron chi connectivity index (χ3n) is 7.58. The van der Waals surface area contributed by atoms with Crippen molar-refractivity contribution in [2.24, 2.45) is 5.92 Å². The fraction of sp³-hybridized carbons (Fsp3) is 0.652. The van der Waals surface area contributed by atoms with E-state index in [4.69, 9.17) is 9.47 Å². The minimum atomic E-state index is -1.74. The SMILES string of the molecule is CC(=O)N1CCN2CC3CCC(OC4OC(C(=O)O)C(O)C(O)C4O)C3c3cccc(c32)C1. The van der Waals surface area contributed by atoms with E-state index >= 15 is 0 Å². The number of fused-ring (bicyclic) bond motifs is 2. The molecule has 1 aromatic rings. The Kier molecular flexibility index (Phi) is 5.82. The number of benzene rings is 1. The minimum Gasteiger partial charge on any atom is -0.479 e. The van der Waals surface area contributed by atoms with Gasteiger partial charge in [-0.15, -0.1) is 0 Å². The largest absolute Gasteiger partial charge is 0.479 e. The Morgan fingerprint density at radius 2 is 1.88 bits per heavy atom. The molecule has 10 nitrogen and oxygen atoms in total. The summed E-state index contributed by atoms with van der Waals surface area (Å²) in [7, 11) is 0. The van der Waals surface area contributed by atoms with Gasteiger partial charge in [0.15, 0.2) is 12.4 Å². The van der Waals surface area contributed by atoms with E-state index in [0.717, 1.165) is 36.3 Å². The first-order chi connectivity index (χ1) is 15.8. The van der Waals surface area contributed by atoms with Crippen molar-refractivity contribution in [3.63, 3.8) is 0 Å². The van der Waals surface area contributed by atoms with Gasteiger partial charge in [0.1, 0.15) is 18.3 Å². The van der Waals surface area contributed by atoms with E-state index in [9.17, 15) is 30.0 Å².